The molecule has 2 aliphatic rings. The van der Waals surface area contributed by atoms with Gasteiger partial charge in [-0.2, -0.15) is 0 Å². The van der Waals surface area contributed by atoms with E-state index in [1.165, 1.54) is 38.5 Å². The summed E-state index contributed by atoms with van der Waals surface area (Å²) in [6, 6.07) is 0. The highest BCUT2D eigenvalue weighted by Crippen LogP contribution is 2.44. The molecular formula is C17H34. The molecule has 2 aliphatic carbocycles. The Morgan fingerprint density at radius 2 is 0.882 bits per heavy atom. The van der Waals surface area contributed by atoms with Crippen molar-refractivity contribution in [2.45, 2.75) is 73.6 Å². The molecule has 0 aliphatic heterocycles. The Bertz CT molecular complexity index is 196. The van der Waals surface area contributed by atoms with E-state index in [1.807, 2.05) is 0 Å². The Morgan fingerprint density at radius 3 is 1.18 bits per heavy atom. The Morgan fingerprint density at radius 1 is 0.529 bits per heavy atom. The van der Waals surface area contributed by atoms with Crippen LogP contribution in [-0.4, -0.2) is 0 Å². The fourth-order valence-corrected chi connectivity index (χ4v) is 4.03. The van der Waals surface area contributed by atoms with Gasteiger partial charge in [0.25, 0.3) is 0 Å². The molecule has 17 heavy (non-hydrogen) atoms. The average Bonchev–Trinajstić information content (AvgIpc) is 2.26. The Balaban J connectivity index is 0.00000144. The summed E-state index contributed by atoms with van der Waals surface area (Å²) in [5.74, 6) is 6.07. The molecule has 0 aromatic rings. The third-order valence-electron chi connectivity index (χ3n) is 5.94. The molecule has 2 fully saturated rings. The van der Waals surface area contributed by atoms with Crippen molar-refractivity contribution in [1.29, 1.82) is 0 Å². The van der Waals surface area contributed by atoms with E-state index in [0.29, 0.717) is 0 Å². The summed E-state index contributed by atoms with van der Waals surface area (Å²) in [7, 11) is 0. The minimum absolute atomic E-state index is 0. The van der Waals surface area contributed by atoms with Crippen LogP contribution in [0.1, 0.15) is 73.6 Å². The van der Waals surface area contributed by atoms with Gasteiger partial charge in [-0.1, -0.05) is 48.0 Å². The van der Waals surface area contributed by atoms with Crippen molar-refractivity contribution in [3.05, 3.63) is 0 Å². The zero-order chi connectivity index (χ0) is 11.7. The normalized spacial score (nSPS) is 47.3. The summed E-state index contributed by atoms with van der Waals surface area (Å²) in [6.07, 6.45) is 9.08. The van der Waals surface area contributed by atoms with Crippen molar-refractivity contribution in [1.82, 2.24) is 0 Å². The maximum absolute atomic E-state index is 2.48. The molecule has 6 atom stereocenters. The lowest BCUT2D eigenvalue weighted by Gasteiger charge is -2.41. The van der Waals surface area contributed by atoms with Gasteiger partial charge in [-0.25, -0.2) is 0 Å². The fraction of sp³-hybridized carbons (Fsp3) is 1.00. The first kappa shape index (κ1) is 15.1. The quantitative estimate of drug-likeness (QED) is 0.544. The maximum Gasteiger partial charge on any atom is -0.0383 e. The van der Waals surface area contributed by atoms with E-state index in [4.69, 9.17) is 0 Å². The highest BCUT2D eigenvalue weighted by molar-refractivity contribution is 4.84. The monoisotopic (exact) mass is 238 g/mol. The molecular weight excluding hydrogens is 204 g/mol. The number of rotatable bonds is 1. The molecule has 0 amide bonds. The molecule has 0 nitrogen and oxygen atoms in total. The van der Waals surface area contributed by atoms with Crippen LogP contribution in [0.3, 0.4) is 0 Å². The van der Waals surface area contributed by atoms with Crippen LogP contribution in [0.4, 0.5) is 0 Å². The van der Waals surface area contributed by atoms with E-state index >= 15 is 0 Å². The average molecular weight is 238 g/mol. The highest BCUT2D eigenvalue weighted by Gasteiger charge is 2.33. The van der Waals surface area contributed by atoms with Gasteiger partial charge >= 0.3 is 0 Å². The fourth-order valence-electron chi connectivity index (χ4n) is 4.03. The third-order valence-corrected chi connectivity index (χ3v) is 5.94. The van der Waals surface area contributed by atoms with Gasteiger partial charge in [0.1, 0.15) is 0 Å². The van der Waals surface area contributed by atoms with Crippen molar-refractivity contribution < 1.29 is 0 Å². The first-order valence-corrected chi connectivity index (χ1v) is 7.58. The molecule has 6 unspecified atom stereocenters. The molecule has 0 aromatic heterocycles. The summed E-state index contributed by atoms with van der Waals surface area (Å²) < 4.78 is 0. The van der Waals surface area contributed by atoms with Gasteiger partial charge in [0.15, 0.2) is 0 Å². The summed E-state index contributed by atoms with van der Waals surface area (Å²) in [5, 5.41) is 0. The second-order valence-corrected chi connectivity index (χ2v) is 7.06. The SMILES string of the molecule is C.CC1CCC(C2CCC(C)C(C)C2)CC1C. The molecule has 2 saturated carbocycles. The van der Waals surface area contributed by atoms with Gasteiger partial charge in [-0.05, 0) is 61.2 Å². The van der Waals surface area contributed by atoms with E-state index in [-0.39, 0.29) is 7.43 Å². The predicted octanol–water partition coefficient (Wildman–Crippen LogP) is 5.77. The first-order chi connectivity index (χ1) is 7.58. The zero-order valence-electron chi connectivity index (χ0n) is 11.7. The van der Waals surface area contributed by atoms with E-state index in [0.717, 1.165) is 35.5 Å². The third kappa shape index (κ3) is 3.48. The summed E-state index contributed by atoms with van der Waals surface area (Å²) in [5.41, 5.74) is 0. The van der Waals surface area contributed by atoms with Crippen LogP contribution in [0, 0.1) is 35.5 Å². The second-order valence-electron chi connectivity index (χ2n) is 7.06. The topological polar surface area (TPSA) is 0 Å². The van der Waals surface area contributed by atoms with E-state index in [9.17, 15) is 0 Å². The lowest BCUT2D eigenvalue weighted by atomic mass is 9.64. The van der Waals surface area contributed by atoms with Gasteiger partial charge in [0.2, 0.25) is 0 Å². The van der Waals surface area contributed by atoms with Gasteiger partial charge in [-0.15, -0.1) is 0 Å². The molecule has 0 radical (unpaired) electrons. The van der Waals surface area contributed by atoms with Crippen molar-refractivity contribution in [2.24, 2.45) is 35.5 Å². The maximum atomic E-state index is 2.48. The van der Waals surface area contributed by atoms with Gasteiger partial charge < -0.3 is 0 Å². The van der Waals surface area contributed by atoms with Crippen molar-refractivity contribution in [3.63, 3.8) is 0 Å². The predicted molar refractivity (Wildman–Crippen MR) is 78.1 cm³/mol. The standard InChI is InChI=1S/C16H30.CH4/c1-11-5-7-15(9-13(11)3)16-8-6-12(2)14(4)10-16;/h11-16H,5-10H2,1-4H3;1H4. The number of hydrogen-bond acceptors (Lipinski definition) is 0. The van der Waals surface area contributed by atoms with Crippen LogP contribution in [0.5, 0.6) is 0 Å². The molecule has 0 spiro atoms. The van der Waals surface area contributed by atoms with Crippen LogP contribution in [0.25, 0.3) is 0 Å². The Kier molecular flexibility index (Phi) is 5.54. The van der Waals surface area contributed by atoms with Gasteiger partial charge in [0.05, 0.1) is 0 Å². The van der Waals surface area contributed by atoms with Crippen molar-refractivity contribution >= 4 is 0 Å². The van der Waals surface area contributed by atoms with E-state index < -0.39 is 0 Å². The molecule has 0 saturated heterocycles. The van der Waals surface area contributed by atoms with Crippen molar-refractivity contribution in [3.8, 4) is 0 Å². The molecule has 0 heteroatoms. The Labute approximate surface area is 110 Å². The summed E-state index contributed by atoms with van der Waals surface area (Å²) >= 11 is 0. The van der Waals surface area contributed by atoms with Crippen molar-refractivity contribution in [2.75, 3.05) is 0 Å². The van der Waals surface area contributed by atoms with Crippen LogP contribution < -0.4 is 0 Å². The lowest BCUT2D eigenvalue weighted by Crippen LogP contribution is -2.31. The van der Waals surface area contributed by atoms with Crippen LogP contribution in [0.15, 0.2) is 0 Å². The van der Waals surface area contributed by atoms with Crippen LogP contribution >= 0.6 is 0 Å². The molecule has 0 aromatic carbocycles. The summed E-state index contributed by atoms with van der Waals surface area (Å²) in [6.45, 7) is 9.86. The molecule has 0 heterocycles. The molecule has 0 bridgehead atoms. The zero-order valence-corrected chi connectivity index (χ0v) is 11.7. The lowest BCUT2D eigenvalue weighted by molar-refractivity contribution is 0.0956. The first-order valence-electron chi connectivity index (χ1n) is 7.58. The van der Waals surface area contributed by atoms with Gasteiger partial charge in [-0.3, -0.25) is 0 Å². The van der Waals surface area contributed by atoms with E-state index in [2.05, 4.69) is 27.7 Å². The van der Waals surface area contributed by atoms with Gasteiger partial charge in [0, 0.05) is 0 Å². The second kappa shape index (κ2) is 6.25. The van der Waals surface area contributed by atoms with Crippen LogP contribution in [0.2, 0.25) is 0 Å². The molecule has 102 valence electrons. The van der Waals surface area contributed by atoms with E-state index in [1.54, 1.807) is 0 Å². The Hall–Kier alpha value is 0. The minimum atomic E-state index is 0. The number of hydrogen-bond donors (Lipinski definition) is 0. The summed E-state index contributed by atoms with van der Waals surface area (Å²) in [4.78, 5) is 0. The highest BCUT2D eigenvalue weighted by atomic mass is 14.4. The minimum Gasteiger partial charge on any atom is -0.0776 e. The largest absolute Gasteiger partial charge is 0.0776 e. The molecule has 0 N–H and O–H groups in total. The van der Waals surface area contributed by atoms with Crippen LogP contribution in [-0.2, 0) is 0 Å². The smallest absolute Gasteiger partial charge is 0.0383 e. The molecule has 2 rings (SSSR count).